The van der Waals surface area contributed by atoms with Crippen molar-refractivity contribution in [3.8, 4) is 11.5 Å². The Morgan fingerprint density at radius 1 is 1.08 bits per heavy atom. The summed E-state index contributed by atoms with van der Waals surface area (Å²) in [5.41, 5.74) is 1.03. The lowest BCUT2D eigenvalue weighted by atomic mass is 10.1. The highest BCUT2D eigenvalue weighted by Gasteiger charge is 2.21. The molecule has 0 atom stereocenters. The zero-order chi connectivity index (χ0) is 18.9. The minimum absolute atomic E-state index is 0.0853. The Hall–Kier alpha value is -2.28. The van der Waals surface area contributed by atoms with Crippen molar-refractivity contribution in [2.45, 2.75) is 19.8 Å². The van der Waals surface area contributed by atoms with Gasteiger partial charge in [0, 0.05) is 32.7 Å². The average Bonchev–Trinajstić information content (AvgIpc) is 2.67. The van der Waals surface area contributed by atoms with Gasteiger partial charge in [-0.3, -0.25) is 9.59 Å². The van der Waals surface area contributed by atoms with Crippen molar-refractivity contribution in [2.75, 3.05) is 53.5 Å². The van der Waals surface area contributed by atoms with E-state index in [0.717, 1.165) is 25.2 Å². The number of hydrogen-bond donors (Lipinski definition) is 1. The van der Waals surface area contributed by atoms with E-state index in [2.05, 4.69) is 17.1 Å². The number of nitrogens with one attached hydrogen (secondary N) is 1. The standard InChI is InChI=1S/C19H29N3O4/c1-4-21-9-11-22(12-10-21)19(24)14-18(23)20-8-7-15-5-6-16(25-2)17(13-15)26-3/h5-6,13H,4,7-12,14H2,1-3H3,(H,20,23). The van der Waals surface area contributed by atoms with Gasteiger partial charge in [-0.15, -0.1) is 0 Å². The number of hydrogen-bond acceptors (Lipinski definition) is 5. The van der Waals surface area contributed by atoms with Gasteiger partial charge in [0.2, 0.25) is 11.8 Å². The van der Waals surface area contributed by atoms with Gasteiger partial charge in [0.1, 0.15) is 6.42 Å². The molecule has 26 heavy (non-hydrogen) atoms. The first kappa shape index (κ1) is 20.0. The summed E-state index contributed by atoms with van der Waals surface area (Å²) in [5, 5.41) is 2.82. The second-order valence-electron chi connectivity index (χ2n) is 6.28. The molecule has 2 amide bonds. The molecule has 1 N–H and O–H groups in total. The summed E-state index contributed by atoms with van der Waals surface area (Å²) in [7, 11) is 3.19. The van der Waals surface area contributed by atoms with Crippen LogP contribution in [0.4, 0.5) is 0 Å². The van der Waals surface area contributed by atoms with E-state index >= 15 is 0 Å². The van der Waals surface area contributed by atoms with Crippen molar-refractivity contribution >= 4 is 11.8 Å². The second-order valence-corrected chi connectivity index (χ2v) is 6.28. The van der Waals surface area contributed by atoms with Crippen molar-refractivity contribution in [2.24, 2.45) is 0 Å². The highest BCUT2D eigenvalue weighted by atomic mass is 16.5. The first-order chi connectivity index (χ1) is 12.6. The fourth-order valence-electron chi connectivity index (χ4n) is 3.01. The molecule has 0 aromatic heterocycles. The molecule has 2 rings (SSSR count). The maximum atomic E-state index is 12.2. The van der Waals surface area contributed by atoms with Crippen LogP contribution in [0.25, 0.3) is 0 Å². The average molecular weight is 363 g/mol. The minimum Gasteiger partial charge on any atom is -0.493 e. The molecular formula is C19H29N3O4. The highest BCUT2D eigenvalue weighted by molar-refractivity contribution is 5.96. The van der Waals surface area contributed by atoms with E-state index in [1.54, 1.807) is 19.1 Å². The Morgan fingerprint density at radius 3 is 2.38 bits per heavy atom. The van der Waals surface area contributed by atoms with Crippen LogP contribution in [0.1, 0.15) is 18.9 Å². The van der Waals surface area contributed by atoms with Gasteiger partial charge in [-0.2, -0.15) is 0 Å². The van der Waals surface area contributed by atoms with Gasteiger partial charge in [0.05, 0.1) is 14.2 Å². The zero-order valence-electron chi connectivity index (χ0n) is 15.9. The number of carbonyl (C=O) groups excluding carboxylic acids is 2. The van der Waals surface area contributed by atoms with E-state index in [9.17, 15) is 9.59 Å². The Kier molecular flexibility index (Phi) is 7.72. The summed E-state index contributed by atoms with van der Waals surface area (Å²) in [6.45, 7) is 6.75. The topological polar surface area (TPSA) is 71.1 Å². The molecule has 7 nitrogen and oxygen atoms in total. The van der Waals surface area contributed by atoms with Crippen LogP contribution < -0.4 is 14.8 Å². The summed E-state index contributed by atoms with van der Waals surface area (Å²) in [6.07, 6.45) is 0.577. The van der Waals surface area contributed by atoms with Gasteiger partial charge >= 0.3 is 0 Å². The normalized spacial score (nSPS) is 14.8. The molecule has 1 aromatic carbocycles. The molecule has 0 saturated carbocycles. The molecule has 7 heteroatoms. The Morgan fingerprint density at radius 2 is 1.77 bits per heavy atom. The lowest BCUT2D eigenvalue weighted by molar-refractivity contribution is -0.137. The molecule has 1 heterocycles. The minimum atomic E-state index is -0.228. The van der Waals surface area contributed by atoms with E-state index in [1.807, 2.05) is 18.2 Å². The third-order valence-corrected chi connectivity index (χ3v) is 4.67. The third-order valence-electron chi connectivity index (χ3n) is 4.67. The summed E-state index contributed by atoms with van der Waals surface area (Å²) in [4.78, 5) is 28.3. The summed E-state index contributed by atoms with van der Waals surface area (Å²) < 4.78 is 10.5. The largest absolute Gasteiger partial charge is 0.493 e. The number of rotatable bonds is 8. The smallest absolute Gasteiger partial charge is 0.232 e. The molecule has 0 bridgehead atoms. The first-order valence-corrected chi connectivity index (χ1v) is 9.05. The Balaban J connectivity index is 1.73. The number of benzene rings is 1. The maximum absolute atomic E-state index is 12.2. The predicted octanol–water partition coefficient (Wildman–Crippen LogP) is 0.917. The molecule has 0 aliphatic carbocycles. The van der Waals surface area contributed by atoms with Crippen LogP contribution in [0.5, 0.6) is 11.5 Å². The van der Waals surface area contributed by atoms with Crippen LogP contribution in [0.2, 0.25) is 0 Å². The van der Waals surface area contributed by atoms with E-state index in [-0.39, 0.29) is 18.2 Å². The van der Waals surface area contributed by atoms with Gasteiger partial charge in [0.15, 0.2) is 11.5 Å². The number of ether oxygens (including phenoxy) is 2. The van der Waals surface area contributed by atoms with Gasteiger partial charge < -0.3 is 24.6 Å². The van der Waals surface area contributed by atoms with E-state index in [0.29, 0.717) is 37.6 Å². The molecule has 0 unspecified atom stereocenters. The number of methoxy groups -OCH3 is 2. The number of piperazine rings is 1. The lowest BCUT2D eigenvalue weighted by Crippen LogP contribution is -2.49. The second kappa shape index (κ2) is 10.0. The molecule has 1 aliphatic heterocycles. The van der Waals surface area contributed by atoms with E-state index in [4.69, 9.17) is 9.47 Å². The fraction of sp³-hybridized carbons (Fsp3) is 0.579. The molecule has 1 saturated heterocycles. The van der Waals surface area contributed by atoms with Crippen molar-refractivity contribution in [1.29, 1.82) is 0 Å². The predicted molar refractivity (Wildman–Crippen MR) is 99.6 cm³/mol. The van der Waals surface area contributed by atoms with Gasteiger partial charge in [-0.25, -0.2) is 0 Å². The summed E-state index contributed by atoms with van der Waals surface area (Å²) in [6, 6.07) is 5.67. The number of likely N-dealkylation sites (N-methyl/N-ethyl adjacent to an activating group) is 1. The van der Waals surface area contributed by atoms with Crippen LogP contribution in [-0.2, 0) is 16.0 Å². The monoisotopic (exact) mass is 363 g/mol. The van der Waals surface area contributed by atoms with Crippen molar-refractivity contribution in [3.63, 3.8) is 0 Å². The van der Waals surface area contributed by atoms with E-state index < -0.39 is 0 Å². The number of carbonyl (C=O) groups is 2. The van der Waals surface area contributed by atoms with Crippen molar-refractivity contribution in [3.05, 3.63) is 23.8 Å². The fourth-order valence-corrected chi connectivity index (χ4v) is 3.01. The summed E-state index contributed by atoms with van der Waals surface area (Å²) >= 11 is 0. The maximum Gasteiger partial charge on any atom is 0.232 e. The quantitative estimate of drug-likeness (QED) is 0.696. The lowest BCUT2D eigenvalue weighted by Gasteiger charge is -2.33. The Labute approximate surface area is 155 Å². The van der Waals surface area contributed by atoms with E-state index in [1.165, 1.54) is 0 Å². The van der Waals surface area contributed by atoms with Crippen molar-refractivity contribution in [1.82, 2.24) is 15.1 Å². The molecule has 1 fully saturated rings. The Bertz CT molecular complexity index is 613. The highest BCUT2D eigenvalue weighted by Crippen LogP contribution is 2.27. The third kappa shape index (κ3) is 5.62. The SMILES string of the molecule is CCN1CCN(C(=O)CC(=O)NCCc2ccc(OC)c(OC)c2)CC1. The van der Waals surface area contributed by atoms with Crippen LogP contribution >= 0.6 is 0 Å². The first-order valence-electron chi connectivity index (χ1n) is 9.05. The number of amides is 2. The summed E-state index contributed by atoms with van der Waals surface area (Å²) in [5.74, 6) is 1.02. The van der Waals surface area contributed by atoms with Gasteiger partial charge in [-0.1, -0.05) is 13.0 Å². The molecule has 0 radical (unpaired) electrons. The van der Waals surface area contributed by atoms with Crippen LogP contribution in [0, 0.1) is 0 Å². The van der Waals surface area contributed by atoms with Gasteiger partial charge in [0.25, 0.3) is 0 Å². The molecule has 0 spiro atoms. The van der Waals surface area contributed by atoms with Crippen LogP contribution in [-0.4, -0.2) is 75.1 Å². The van der Waals surface area contributed by atoms with Gasteiger partial charge in [-0.05, 0) is 30.7 Å². The molecule has 1 aliphatic rings. The van der Waals surface area contributed by atoms with Crippen LogP contribution in [0.3, 0.4) is 0 Å². The molecule has 144 valence electrons. The van der Waals surface area contributed by atoms with Crippen molar-refractivity contribution < 1.29 is 19.1 Å². The molecular weight excluding hydrogens is 334 g/mol. The number of nitrogens with zero attached hydrogens (tertiary/aromatic N) is 2. The zero-order valence-corrected chi connectivity index (χ0v) is 15.9. The molecule has 1 aromatic rings. The van der Waals surface area contributed by atoms with Crippen LogP contribution in [0.15, 0.2) is 18.2 Å².